The normalized spacial score (nSPS) is 34.5. The number of nitrogens with zero attached hydrogens (tertiary/aromatic N) is 2. The average Bonchev–Trinajstić information content (AvgIpc) is 2.90. The fourth-order valence-electron chi connectivity index (χ4n) is 3.02. The summed E-state index contributed by atoms with van der Waals surface area (Å²) < 4.78 is 0.656. The first kappa shape index (κ1) is 11.0. The van der Waals surface area contributed by atoms with Crippen LogP contribution in [0.2, 0.25) is 4.47 Å². The molecule has 0 spiro atoms. The Kier molecular flexibility index (Phi) is 2.92. The van der Waals surface area contributed by atoms with Crippen molar-refractivity contribution in [2.24, 2.45) is 11.8 Å². The minimum absolute atomic E-state index is 0.656. The molecule has 2 saturated heterocycles. The third-order valence-corrected chi connectivity index (χ3v) is 5.04. The van der Waals surface area contributed by atoms with Crippen molar-refractivity contribution in [2.75, 3.05) is 19.6 Å². The maximum atomic E-state index is 5.86. The highest BCUT2D eigenvalue weighted by molar-refractivity contribution is 7.15. The number of fused-ring (bicyclic) bond motifs is 1. The van der Waals surface area contributed by atoms with Crippen molar-refractivity contribution in [3.8, 4) is 0 Å². The Balaban J connectivity index is 1.68. The van der Waals surface area contributed by atoms with Crippen molar-refractivity contribution >= 4 is 22.9 Å². The van der Waals surface area contributed by atoms with E-state index < -0.39 is 0 Å². The average molecular weight is 258 g/mol. The maximum absolute atomic E-state index is 5.86. The van der Waals surface area contributed by atoms with Crippen molar-refractivity contribution in [1.82, 2.24) is 15.2 Å². The summed E-state index contributed by atoms with van der Waals surface area (Å²) in [7, 11) is 0. The van der Waals surface area contributed by atoms with Crippen molar-refractivity contribution < 1.29 is 0 Å². The van der Waals surface area contributed by atoms with Crippen LogP contribution >= 0.6 is 22.9 Å². The molecule has 0 aromatic carbocycles. The number of rotatable bonds is 2. The van der Waals surface area contributed by atoms with Crippen LogP contribution in [0.1, 0.15) is 11.8 Å². The standard InChI is InChI=1S/C11H16ClN3S/c1-7-10-4-13-2-8(10)5-15(7)6-9-3-14-11(12)16-9/h3,7-8,10,13H,2,4-6H2,1H3. The molecule has 3 heterocycles. The van der Waals surface area contributed by atoms with Gasteiger partial charge in [0.1, 0.15) is 0 Å². The molecule has 0 aliphatic carbocycles. The molecule has 2 aliphatic heterocycles. The van der Waals surface area contributed by atoms with E-state index in [9.17, 15) is 0 Å². The second-order valence-electron chi connectivity index (χ2n) is 4.83. The third kappa shape index (κ3) is 1.88. The van der Waals surface area contributed by atoms with E-state index in [1.807, 2.05) is 6.20 Å². The largest absolute Gasteiger partial charge is 0.316 e. The topological polar surface area (TPSA) is 28.2 Å². The van der Waals surface area contributed by atoms with E-state index in [4.69, 9.17) is 11.6 Å². The van der Waals surface area contributed by atoms with Gasteiger partial charge in [-0.3, -0.25) is 4.90 Å². The molecule has 16 heavy (non-hydrogen) atoms. The van der Waals surface area contributed by atoms with Crippen LogP contribution in [0.25, 0.3) is 0 Å². The highest BCUT2D eigenvalue weighted by Crippen LogP contribution is 2.34. The number of nitrogens with one attached hydrogen (secondary N) is 1. The van der Waals surface area contributed by atoms with Gasteiger partial charge in [-0.25, -0.2) is 4.98 Å². The summed E-state index contributed by atoms with van der Waals surface area (Å²) in [5.41, 5.74) is 0. The molecular weight excluding hydrogens is 242 g/mol. The molecule has 0 bridgehead atoms. The lowest BCUT2D eigenvalue weighted by Crippen LogP contribution is -2.32. The number of thiazole rings is 1. The number of halogens is 1. The highest BCUT2D eigenvalue weighted by atomic mass is 35.5. The minimum atomic E-state index is 0.656. The van der Waals surface area contributed by atoms with E-state index in [-0.39, 0.29) is 0 Å². The van der Waals surface area contributed by atoms with Gasteiger partial charge >= 0.3 is 0 Å². The Morgan fingerprint density at radius 3 is 3.19 bits per heavy atom. The second kappa shape index (κ2) is 4.26. The van der Waals surface area contributed by atoms with Crippen molar-refractivity contribution in [3.05, 3.63) is 15.5 Å². The number of aromatic nitrogens is 1. The number of hydrogen-bond donors (Lipinski definition) is 1. The zero-order valence-corrected chi connectivity index (χ0v) is 10.9. The van der Waals surface area contributed by atoms with Gasteiger partial charge in [0.05, 0.1) is 0 Å². The van der Waals surface area contributed by atoms with E-state index in [1.54, 1.807) is 11.3 Å². The first-order valence-corrected chi connectivity index (χ1v) is 6.98. The van der Waals surface area contributed by atoms with Crippen LogP contribution in [-0.4, -0.2) is 35.6 Å². The molecule has 1 aromatic rings. The number of likely N-dealkylation sites (tertiary alicyclic amines) is 1. The molecular formula is C11H16ClN3S. The Morgan fingerprint density at radius 1 is 1.62 bits per heavy atom. The molecule has 0 amide bonds. The van der Waals surface area contributed by atoms with Gasteiger partial charge in [0.2, 0.25) is 0 Å². The Bertz CT molecular complexity index is 381. The summed E-state index contributed by atoms with van der Waals surface area (Å²) in [6, 6.07) is 0.681. The summed E-state index contributed by atoms with van der Waals surface area (Å²) >= 11 is 7.46. The van der Waals surface area contributed by atoms with Gasteiger partial charge < -0.3 is 5.32 Å². The quantitative estimate of drug-likeness (QED) is 0.876. The lowest BCUT2D eigenvalue weighted by molar-refractivity contribution is 0.233. The van der Waals surface area contributed by atoms with Crippen LogP contribution in [0.3, 0.4) is 0 Å². The molecule has 3 nitrogen and oxygen atoms in total. The lowest BCUT2D eigenvalue weighted by Gasteiger charge is -2.23. The van der Waals surface area contributed by atoms with Crippen LogP contribution in [0, 0.1) is 11.8 Å². The van der Waals surface area contributed by atoms with E-state index in [1.165, 1.54) is 24.5 Å². The van der Waals surface area contributed by atoms with Crippen LogP contribution in [0.5, 0.6) is 0 Å². The first-order valence-electron chi connectivity index (χ1n) is 5.79. The predicted molar refractivity (Wildman–Crippen MR) is 66.8 cm³/mol. The van der Waals surface area contributed by atoms with Crippen LogP contribution in [0.4, 0.5) is 0 Å². The SMILES string of the molecule is CC1C2CNCC2CN1Cc1cnc(Cl)s1. The summed E-state index contributed by atoms with van der Waals surface area (Å²) in [4.78, 5) is 7.95. The fourth-order valence-corrected chi connectivity index (χ4v) is 4.03. The van der Waals surface area contributed by atoms with Gasteiger partial charge in [-0.15, -0.1) is 11.3 Å². The van der Waals surface area contributed by atoms with E-state index in [0.717, 1.165) is 18.4 Å². The van der Waals surface area contributed by atoms with Gasteiger partial charge in [-0.05, 0) is 31.8 Å². The molecule has 2 fully saturated rings. The van der Waals surface area contributed by atoms with E-state index in [0.29, 0.717) is 10.5 Å². The molecule has 1 N–H and O–H groups in total. The Labute approximate surface area is 105 Å². The first-order chi connectivity index (χ1) is 7.74. The zero-order valence-electron chi connectivity index (χ0n) is 9.32. The van der Waals surface area contributed by atoms with Gasteiger partial charge in [-0.2, -0.15) is 0 Å². The molecule has 3 unspecified atom stereocenters. The Hall–Kier alpha value is -0.160. The summed E-state index contributed by atoms with van der Waals surface area (Å²) in [5.74, 6) is 1.68. The van der Waals surface area contributed by atoms with Crippen LogP contribution < -0.4 is 5.32 Å². The second-order valence-corrected chi connectivity index (χ2v) is 6.53. The van der Waals surface area contributed by atoms with Gasteiger partial charge in [-0.1, -0.05) is 11.6 Å². The van der Waals surface area contributed by atoms with Gasteiger partial charge in [0.25, 0.3) is 0 Å². The molecule has 3 rings (SSSR count). The molecule has 0 saturated carbocycles. The fraction of sp³-hybridized carbons (Fsp3) is 0.727. The Morgan fingerprint density at radius 2 is 2.50 bits per heavy atom. The number of hydrogen-bond acceptors (Lipinski definition) is 4. The van der Waals surface area contributed by atoms with Gasteiger partial charge in [0.15, 0.2) is 4.47 Å². The summed E-state index contributed by atoms with van der Waals surface area (Å²) in [6.07, 6.45) is 1.91. The molecule has 88 valence electrons. The van der Waals surface area contributed by atoms with Crippen molar-refractivity contribution in [3.63, 3.8) is 0 Å². The van der Waals surface area contributed by atoms with E-state index in [2.05, 4.69) is 22.1 Å². The minimum Gasteiger partial charge on any atom is -0.316 e. The predicted octanol–water partition coefficient (Wildman–Crippen LogP) is 1.84. The third-order valence-electron chi connectivity index (χ3n) is 3.94. The molecule has 5 heteroatoms. The monoisotopic (exact) mass is 257 g/mol. The molecule has 0 radical (unpaired) electrons. The molecule has 2 aliphatic rings. The van der Waals surface area contributed by atoms with Crippen molar-refractivity contribution in [2.45, 2.75) is 19.5 Å². The molecule has 1 aromatic heterocycles. The van der Waals surface area contributed by atoms with E-state index >= 15 is 0 Å². The van der Waals surface area contributed by atoms with Crippen LogP contribution in [-0.2, 0) is 6.54 Å². The van der Waals surface area contributed by atoms with Crippen LogP contribution in [0.15, 0.2) is 6.20 Å². The summed E-state index contributed by atoms with van der Waals surface area (Å²) in [5, 5.41) is 3.49. The van der Waals surface area contributed by atoms with Gasteiger partial charge in [0, 0.05) is 30.2 Å². The zero-order chi connectivity index (χ0) is 11.1. The smallest absolute Gasteiger partial charge is 0.183 e. The van der Waals surface area contributed by atoms with Crippen molar-refractivity contribution in [1.29, 1.82) is 0 Å². The maximum Gasteiger partial charge on any atom is 0.183 e. The highest BCUT2D eigenvalue weighted by Gasteiger charge is 2.41. The lowest BCUT2D eigenvalue weighted by atomic mass is 9.95. The summed E-state index contributed by atoms with van der Waals surface area (Å²) in [6.45, 7) is 6.95. The molecule has 3 atom stereocenters.